The van der Waals surface area contributed by atoms with Gasteiger partial charge in [-0.1, -0.05) is 35.3 Å². The summed E-state index contributed by atoms with van der Waals surface area (Å²) in [4.78, 5) is 27.4. The SMILES string of the molecule is Cc1cccc(NC(=O)CN(CC2CCCO2)C(=O)c2cc(Cl)c(Cl)n2C)c1C. The van der Waals surface area contributed by atoms with Crippen LogP contribution >= 0.6 is 23.2 Å². The molecular formula is C21H25Cl2N3O3. The number of carbonyl (C=O) groups excluding carboxylic acids is 2. The molecule has 3 rings (SSSR count). The van der Waals surface area contributed by atoms with Crippen LogP contribution < -0.4 is 5.32 Å². The number of carbonyl (C=O) groups is 2. The third kappa shape index (κ3) is 4.94. The summed E-state index contributed by atoms with van der Waals surface area (Å²) in [5.74, 6) is -0.579. The smallest absolute Gasteiger partial charge is 0.271 e. The van der Waals surface area contributed by atoms with Gasteiger partial charge in [0.2, 0.25) is 5.91 Å². The number of hydrogen-bond acceptors (Lipinski definition) is 3. The zero-order valence-corrected chi connectivity index (χ0v) is 18.3. The number of nitrogens with zero attached hydrogens (tertiary/aromatic N) is 2. The molecule has 0 saturated carbocycles. The summed E-state index contributed by atoms with van der Waals surface area (Å²) in [6.45, 7) is 4.85. The van der Waals surface area contributed by atoms with E-state index in [9.17, 15) is 9.59 Å². The van der Waals surface area contributed by atoms with Crippen molar-refractivity contribution in [3.63, 3.8) is 0 Å². The number of halogens is 2. The normalized spacial score (nSPS) is 16.1. The van der Waals surface area contributed by atoms with E-state index in [1.165, 1.54) is 15.5 Å². The van der Waals surface area contributed by atoms with Crippen molar-refractivity contribution in [1.29, 1.82) is 0 Å². The third-order valence-electron chi connectivity index (χ3n) is 5.28. The lowest BCUT2D eigenvalue weighted by Gasteiger charge is -2.25. The van der Waals surface area contributed by atoms with Crippen LogP contribution in [0.1, 0.15) is 34.5 Å². The van der Waals surface area contributed by atoms with Gasteiger partial charge in [-0.3, -0.25) is 9.59 Å². The van der Waals surface area contributed by atoms with Gasteiger partial charge in [-0.2, -0.15) is 0 Å². The molecule has 8 heteroatoms. The molecule has 1 aliphatic heterocycles. The molecule has 1 aliphatic rings. The Morgan fingerprint density at radius 1 is 1.31 bits per heavy atom. The topological polar surface area (TPSA) is 63.6 Å². The highest BCUT2D eigenvalue weighted by atomic mass is 35.5. The van der Waals surface area contributed by atoms with Gasteiger partial charge in [-0.25, -0.2) is 0 Å². The molecule has 2 amide bonds. The number of ether oxygens (including phenoxy) is 1. The van der Waals surface area contributed by atoms with Crippen LogP contribution in [0.2, 0.25) is 10.2 Å². The fraction of sp³-hybridized carbons (Fsp3) is 0.429. The van der Waals surface area contributed by atoms with Crippen molar-refractivity contribution in [2.45, 2.75) is 32.8 Å². The van der Waals surface area contributed by atoms with Gasteiger partial charge in [0.25, 0.3) is 5.91 Å². The van der Waals surface area contributed by atoms with E-state index in [-0.39, 0.29) is 29.6 Å². The lowest BCUT2D eigenvalue weighted by atomic mass is 10.1. The molecule has 156 valence electrons. The molecule has 0 radical (unpaired) electrons. The zero-order valence-electron chi connectivity index (χ0n) is 16.8. The maximum absolute atomic E-state index is 13.2. The molecule has 2 aromatic rings. The monoisotopic (exact) mass is 437 g/mol. The fourth-order valence-corrected chi connectivity index (χ4v) is 3.79. The van der Waals surface area contributed by atoms with Gasteiger partial charge < -0.3 is 19.5 Å². The molecule has 1 aromatic heterocycles. The molecule has 1 unspecified atom stereocenters. The Balaban J connectivity index is 1.79. The minimum Gasteiger partial charge on any atom is -0.376 e. The average molecular weight is 438 g/mol. The van der Waals surface area contributed by atoms with Crippen molar-refractivity contribution in [2.75, 3.05) is 25.0 Å². The standard InChI is InChI=1S/C21H25Cl2N3O3/c1-13-6-4-8-17(14(13)2)24-19(27)12-26(11-15-7-5-9-29-15)21(28)18-10-16(22)20(23)25(18)3/h4,6,8,10,15H,5,7,9,11-12H2,1-3H3,(H,24,27). The largest absolute Gasteiger partial charge is 0.376 e. The van der Waals surface area contributed by atoms with Crippen LogP contribution in [0.3, 0.4) is 0 Å². The quantitative estimate of drug-likeness (QED) is 0.735. The fourth-order valence-electron chi connectivity index (χ4n) is 3.41. The molecule has 1 fully saturated rings. The van der Waals surface area contributed by atoms with Crippen molar-refractivity contribution < 1.29 is 14.3 Å². The highest BCUT2D eigenvalue weighted by molar-refractivity contribution is 6.41. The first kappa shape index (κ1) is 21.7. The van der Waals surface area contributed by atoms with E-state index in [4.69, 9.17) is 27.9 Å². The van der Waals surface area contributed by atoms with E-state index in [2.05, 4.69) is 5.32 Å². The lowest BCUT2D eigenvalue weighted by Crippen LogP contribution is -2.43. The van der Waals surface area contributed by atoms with Crippen molar-refractivity contribution in [1.82, 2.24) is 9.47 Å². The molecule has 29 heavy (non-hydrogen) atoms. The molecule has 0 aliphatic carbocycles. The van der Waals surface area contributed by atoms with Crippen LogP contribution in [0, 0.1) is 13.8 Å². The molecule has 1 N–H and O–H groups in total. The lowest BCUT2D eigenvalue weighted by molar-refractivity contribution is -0.117. The third-order valence-corrected chi connectivity index (χ3v) is 6.13. The van der Waals surface area contributed by atoms with E-state index in [1.54, 1.807) is 7.05 Å². The number of aromatic nitrogens is 1. The van der Waals surface area contributed by atoms with Crippen LogP contribution in [0.5, 0.6) is 0 Å². The second kappa shape index (κ2) is 9.20. The second-order valence-corrected chi connectivity index (χ2v) is 8.11. The van der Waals surface area contributed by atoms with Gasteiger partial charge in [-0.05, 0) is 49.9 Å². The van der Waals surface area contributed by atoms with Crippen molar-refractivity contribution in [2.24, 2.45) is 7.05 Å². The molecule has 2 heterocycles. The Labute approximate surface area is 180 Å². The van der Waals surface area contributed by atoms with Gasteiger partial charge in [0.15, 0.2) is 0 Å². The van der Waals surface area contributed by atoms with Gasteiger partial charge >= 0.3 is 0 Å². The Hall–Kier alpha value is -2.02. The van der Waals surface area contributed by atoms with Gasteiger partial charge in [0.1, 0.15) is 17.4 Å². The van der Waals surface area contributed by atoms with Crippen LogP contribution in [0.4, 0.5) is 5.69 Å². The van der Waals surface area contributed by atoms with E-state index in [1.807, 2.05) is 32.0 Å². The Morgan fingerprint density at radius 3 is 2.69 bits per heavy atom. The highest BCUT2D eigenvalue weighted by Crippen LogP contribution is 2.26. The first-order chi connectivity index (χ1) is 13.8. The summed E-state index contributed by atoms with van der Waals surface area (Å²) in [7, 11) is 1.67. The maximum Gasteiger partial charge on any atom is 0.271 e. The molecule has 6 nitrogen and oxygen atoms in total. The molecule has 1 saturated heterocycles. The molecular weight excluding hydrogens is 413 g/mol. The second-order valence-electron chi connectivity index (χ2n) is 7.34. The number of nitrogens with one attached hydrogen (secondary N) is 1. The van der Waals surface area contributed by atoms with Crippen molar-refractivity contribution in [3.8, 4) is 0 Å². The number of benzene rings is 1. The predicted molar refractivity (Wildman–Crippen MR) is 115 cm³/mol. The van der Waals surface area contributed by atoms with Gasteiger partial charge in [0.05, 0.1) is 11.1 Å². The van der Waals surface area contributed by atoms with E-state index in [0.29, 0.717) is 23.9 Å². The van der Waals surface area contributed by atoms with Gasteiger partial charge in [-0.15, -0.1) is 0 Å². The summed E-state index contributed by atoms with van der Waals surface area (Å²) < 4.78 is 7.20. The van der Waals surface area contributed by atoms with E-state index >= 15 is 0 Å². The summed E-state index contributed by atoms with van der Waals surface area (Å²) in [5, 5.41) is 3.50. The number of amides is 2. The van der Waals surface area contributed by atoms with E-state index in [0.717, 1.165) is 29.7 Å². The van der Waals surface area contributed by atoms with E-state index < -0.39 is 0 Å². The summed E-state index contributed by atoms with van der Waals surface area (Å²) in [6.07, 6.45) is 1.72. The Kier molecular flexibility index (Phi) is 6.88. The average Bonchev–Trinajstić information content (AvgIpc) is 3.28. The summed E-state index contributed by atoms with van der Waals surface area (Å²) in [5.41, 5.74) is 3.16. The van der Waals surface area contributed by atoms with Crippen LogP contribution in [0.15, 0.2) is 24.3 Å². The minimum absolute atomic E-state index is 0.0846. The molecule has 1 atom stereocenters. The number of rotatable bonds is 6. The minimum atomic E-state index is -0.312. The predicted octanol–water partition coefficient (Wildman–Crippen LogP) is 4.21. The molecule has 0 spiro atoms. The highest BCUT2D eigenvalue weighted by Gasteiger charge is 2.28. The van der Waals surface area contributed by atoms with Crippen LogP contribution in [-0.4, -0.2) is 47.1 Å². The Bertz CT molecular complexity index is 920. The number of aryl methyl sites for hydroxylation is 1. The Morgan fingerprint density at radius 2 is 2.07 bits per heavy atom. The first-order valence-corrected chi connectivity index (χ1v) is 10.3. The first-order valence-electron chi connectivity index (χ1n) is 9.55. The van der Waals surface area contributed by atoms with Crippen molar-refractivity contribution in [3.05, 3.63) is 51.3 Å². The molecule has 0 bridgehead atoms. The summed E-state index contributed by atoms with van der Waals surface area (Å²) >= 11 is 12.2. The van der Waals surface area contributed by atoms with Crippen molar-refractivity contribution >= 4 is 40.7 Å². The van der Waals surface area contributed by atoms with Gasteiger partial charge in [0, 0.05) is 25.9 Å². The summed E-state index contributed by atoms with van der Waals surface area (Å²) in [6, 6.07) is 7.25. The van der Waals surface area contributed by atoms with Crippen LogP contribution in [-0.2, 0) is 16.6 Å². The number of hydrogen-bond donors (Lipinski definition) is 1. The maximum atomic E-state index is 13.2. The zero-order chi connectivity index (χ0) is 21.1. The van der Waals surface area contributed by atoms with Crippen LogP contribution in [0.25, 0.3) is 0 Å². The molecule has 1 aromatic carbocycles. The number of anilines is 1.